The van der Waals surface area contributed by atoms with Gasteiger partial charge in [0.05, 0.1) is 36.8 Å². The van der Waals surface area contributed by atoms with Crippen LogP contribution in [0.15, 0.2) is 18.5 Å². The van der Waals surface area contributed by atoms with Crippen LogP contribution in [0.1, 0.15) is 95.8 Å². The lowest BCUT2D eigenvalue weighted by atomic mass is 9.41. The summed E-state index contributed by atoms with van der Waals surface area (Å²) in [6.07, 6.45) is 12.7. The van der Waals surface area contributed by atoms with Gasteiger partial charge in [-0.2, -0.15) is 0 Å². The Morgan fingerprint density at radius 1 is 1.10 bits per heavy atom. The first-order valence-electron chi connectivity index (χ1n) is 15.7. The van der Waals surface area contributed by atoms with Crippen molar-refractivity contribution in [2.45, 2.75) is 97.7 Å². The number of carbonyl (C=O) groups excluding carboxylic acids is 1. The Morgan fingerprint density at radius 2 is 1.80 bits per heavy atom. The van der Waals surface area contributed by atoms with Gasteiger partial charge in [-0.1, -0.05) is 34.1 Å². The third kappa shape index (κ3) is 5.67. The second-order valence-corrected chi connectivity index (χ2v) is 16.1. The molecule has 5 rings (SSSR count). The van der Waals surface area contributed by atoms with Crippen LogP contribution in [0.25, 0.3) is 0 Å². The summed E-state index contributed by atoms with van der Waals surface area (Å²) in [6.45, 7) is 10.0. The van der Waals surface area contributed by atoms with Crippen molar-refractivity contribution < 1.29 is 28.2 Å². The number of nitrogens with zero attached hydrogens (tertiary/aromatic N) is 1. The zero-order valence-electron chi connectivity index (χ0n) is 25.4. The highest BCUT2D eigenvalue weighted by atomic mass is 32.2. The lowest BCUT2D eigenvalue weighted by molar-refractivity contribution is -0.203. The third-order valence-electron chi connectivity index (χ3n) is 12.2. The predicted octanol–water partition coefficient (Wildman–Crippen LogP) is 4.80. The van der Waals surface area contributed by atoms with E-state index < -0.39 is 15.9 Å². The van der Waals surface area contributed by atoms with Gasteiger partial charge in [0.2, 0.25) is 10.0 Å². The Morgan fingerprint density at radius 3 is 2.51 bits per heavy atom. The van der Waals surface area contributed by atoms with E-state index in [4.69, 9.17) is 4.74 Å². The first-order valence-corrected chi connectivity index (χ1v) is 17.6. The van der Waals surface area contributed by atoms with Gasteiger partial charge in [-0.3, -0.25) is 9.78 Å². The fourth-order valence-electron chi connectivity index (χ4n) is 10.3. The van der Waals surface area contributed by atoms with Gasteiger partial charge in [0, 0.05) is 6.20 Å². The normalized spacial score (nSPS) is 41.0. The summed E-state index contributed by atoms with van der Waals surface area (Å²) in [7, 11) is -3.66. The number of nitrogens with one attached hydrogen (secondary N) is 1. The number of amides is 1. The molecule has 41 heavy (non-hydrogen) atoms. The highest BCUT2D eigenvalue weighted by Gasteiger charge is 2.64. The molecule has 11 atom stereocenters. The smallest absolute Gasteiger partial charge is 0.266 e. The Kier molecular flexibility index (Phi) is 8.56. The summed E-state index contributed by atoms with van der Waals surface area (Å²) in [4.78, 5) is 16.3. The summed E-state index contributed by atoms with van der Waals surface area (Å²) in [6, 6.07) is 1.53. The van der Waals surface area contributed by atoms with Crippen molar-refractivity contribution in [3.05, 3.63) is 24.0 Å². The van der Waals surface area contributed by atoms with Gasteiger partial charge >= 0.3 is 0 Å². The quantitative estimate of drug-likeness (QED) is 0.397. The Bertz CT molecular complexity index is 1220. The van der Waals surface area contributed by atoms with Crippen LogP contribution in [0.2, 0.25) is 0 Å². The standard InChI is InChI=1S/C32H50N2O6S/c1-6-23-27-16-21(35)9-12-32(27,4)26-10-13-31(3)24(7-8-25(31)28(26)29(23)36)19(2)11-14-40-22-15-20(17-33-18-22)30(37)34-41(5,38)39/h15,17-19,21,23-29,35-36H,6-14,16H2,1-5H3,(H,34,37)/t19-,21-,23-,24-,25+,26+,27+,28+,29-,31-,32-/m1/s1. The first-order chi connectivity index (χ1) is 19.3. The van der Waals surface area contributed by atoms with Crippen molar-refractivity contribution in [1.82, 2.24) is 9.71 Å². The van der Waals surface area contributed by atoms with Crippen molar-refractivity contribution in [2.75, 3.05) is 12.9 Å². The SMILES string of the molecule is CC[C@H]1[C@@H](O)[C@@H]2[C@H](CC[C@]3(C)[C@@H]([C@H](C)CCOc4cncc(C(=O)NS(C)(=O)=O)c4)CC[C@@H]23)[C@@]2(C)CC[C@@H](O)C[C@@H]12. The summed E-state index contributed by atoms with van der Waals surface area (Å²) >= 11 is 0. The van der Waals surface area contributed by atoms with E-state index in [0.717, 1.165) is 38.4 Å². The molecule has 0 radical (unpaired) electrons. The molecule has 1 amide bonds. The largest absolute Gasteiger partial charge is 0.492 e. The van der Waals surface area contributed by atoms with Gasteiger partial charge in [-0.05, 0) is 110 Å². The minimum absolute atomic E-state index is 0.142. The molecule has 4 aliphatic carbocycles. The van der Waals surface area contributed by atoms with Gasteiger partial charge in [-0.25, -0.2) is 13.1 Å². The Hall–Kier alpha value is -1.71. The maximum Gasteiger partial charge on any atom is 0.266 e. The summed E-state index contributed by atoms with van der Waals surface area (Å²) in [5.74, 6) is 2.82. The van der Waals surface area contributed by atoms with Gasteiger partial charge in [0.1, 0.15) is 5.75 Å². The monoisotopic (exact) mass is 590 g/mol. The molecule has 230 valence electrons. The molecule has 1 aromatic rings. The third-order valence-corrected chi connectivity index (χ3v) is 12.8. The second kappa shape index (κ2) is 11.4. The maximum absolute atomic E-state index is 12.2. The highest BCUT2D eigenvalue weighted by Crippen LogP contribution is 2.69. The number of aliphatic hydroxyl groups is 2. The summed E-state index contributed by atoms with van der Waals surface area (Å²) in [5, 5.41) is 22.4. The van der Waals surface area contributed by atoms with Crippen molar-refractivity contribution in [2.24, 2.45) is 52.3 Å². The molecule has 0 aliphatic heterocycles. The van der Waals surface area contributed by atoms with Crippen LogP contribution < -0.4 is 9.46 Å². The number of carbonyl (C=O) groups is 1. The topological polar surface area (TPSA) is 126 Å². The average Bonchev–Trinajstić information content (AvgIpc) is 3.26. The first kappa shape index (κ1) is 30.7. The Labute approximate surface area is 246 Å². The van der Waals surface area contributed by atoms with E-state index in [0.29, 0.717) is 47.9 Å². The molecule has 0 spiro atoms. The van der Waals surface area contributed by atoms with Gasteiger partial charge in [-0.15, -0.1) is 0 Å². The van der Waals surface area contributed by atoms with E-state index in [1.54, 1.807) is 6.20 Å². The van der Waals surface area contributed by atoms with Crippen molar-refractivity contribution in [3.63, 3.8) is 0 Å². The van der Waals surface area contributed by atoms with Gasteiger partial charge in [0.15, 0.2) is 0 Å². The van der Waals surface area contributed by atoms with Crippen molar-refractivity contribution in [3.8, 4) is 5.75 Å². The zero-order chi connectivity index (χ0) is 29.7. The zero-order valence-corrected chi connectivity index (χ0v) is 26.2. The van der Waals surface area contributed by atoms with Crippen LogP contribution in [0.5, 0.6) is 5.75 Å². The van der Waals surface area contributed by atoms with E-state index >= 15 is 0 Å². The number of ether oxygens (including phenoxy) is 1. The number of rotatable bonds is 8. The molecule has 1 aromatic heterocycles. The summed E-state index contributed by atoms with van der Waals surface area (Å²) in [5.41, 5.74) is 0.551. The van der Waals surface area contributed by atoms with Crippen LogP contribution in [0.3, 0.4) is 0 Å². The van der Waals surface area contributed by atoms with Crippen molar-refractivity contribution >= 4 is 15.9 Å². The van der Waals surface area contributed by atoms with Crippen LogP contribution in [-0.4, -0.2) is 54.6 Å². The summed E-state index contributed by atoms with van der Waals surface area (Å²) < 4.78 is 30.8. The van der Waals surface area contributed by atoms with Crippen LogP contribution in [-0.2, 0) is 10.0 Å². The fraction of sp³-hybridized carbons (Fsp3) is 0.812. The van der Waals surface area contributed by atoms with E-state index in [1.165, 1.54) is 37.9 Å². The fourth-order valence-corrected chi connectivity index (χ4v) is 10.8. The lowest BCUT2D eigenvalue weighted by Gasteiger charge is -2.64. The number of fused-ring (bicyclic) bond motifs is 5. The van der Waals surface area contributed by atoms with E-state index in [2.05, 4.69) is 32.7 Å². The minimum atomic E-state index is -3.66. The molecule has 0 aromatic carbocycles. The number of aromatic nitrogens is 1. The molecule has 1 heterocycles. The average molecular weight is 591 g/mol. The van der Waals surface area contributed by atoms with Gasteiger partial charge < -0.3 is 14.9 Å². The molecule has 0 unspecified atom stereocenters. The minimum Gasteiger partial charge on any atom is -0.492 e. The molecule has 4 saturated carbocycles. The number of aliphatic hydroxyl groups excluding tert-OH is 2. The molecule has 4 fully saturated rings. The molecule has 8 nitrogen and oxygen atoms in total. The molecule has 9 heteroatoms. The van der Waals surface area contributed by atoms with E-state index in [9.17, 15) is 23.4 Å². The van der Waals surface area contributed by atoms with E-state index in [-0.39, 0.29) is 34.5 Å². The highest BCUT2D eigenvalue weighted by molar-refractivity contribution is 7.89. The van der Waals surface area contributed by atoms with Crippen molar-refractivity contribution in [1.29, 1.82) is 0 Å². The van der Waals surface area contributed by atoms with Crippen LogP contribution in [0, 0.1) is 52.3 Å². The Balaban J connectivity index is 1.25. The molecule has 0 saturated heterocycles. The molecule has 3 N–H and O–H groups in total. The number of sulfonamides is 1. The number of hydrogen-bond donors (Lipinski definition) is 3. The molecule has 4 aliphatic rings. The maximum atomic E-state index is 12.2. The van der Waals surface area contributed by atoms with E-state index in [1.807, 2.05) is 4.72 Å². The second-order valence-electron chi connectivity index (χ2n) is 14.3. The van der Waals surface area contributed by atoms with Crippen LogP contribution in [0.4, 0.5) is 0 Å². The van der Waals surface area contributed by atoms with Gasteiger partial charge in [0.25, 0.3) is 5.91 Å². The molecule has 0 bridgehead atoms. The van der Waals surface area contributed by atoms with Crippen LogP contribution >= 0.6 is 0 Å². The molecular formula is C32H50N2O6S. The lowest BCUT2D eigenvalue weighted by Crippen LogP contribution is -2.62. The predicted molar refractivity (Wildman–Crippen MR) is 158 cm³/mol. The number of pyridine rings is 1. The molecular weight excluding hydrogens is 540 g/mol. The number of hydrogen-bond acceptors (Lipinski definition) is 7.